The number of halogens is 1. The number of hydrogen-bond acceptors (Lipinski definition) is 3. The molecule has 2 rings (SSSR count). The SMILES string of the molecule is CC(C)NCc1ccc(Sc2cccc(Cl)c2)c(C#N)c1. The molecule has 2 aromatic carbocycles. The summed E-state index contributed by atoms with van der Waals surface area (Å²) in [5, 5.41) is 13.4. The van der Waals surface area contributed by atoms with E-state index in [0.29, 0.717) is 16.6 Å². The van der Waals surface area contributed by atoms with Crippen molar-refractivity contribution < 1.29 is 0 Å². The summed E-state index contributed by atoms with van der Waals surface area (Å²) in [7, 11) is 0. The van der Waals surface area contributed by atoms with Crippen LogP contribution in [0.2, 0.25) is 5.02 Å². The van der Waals surface area contributed by atoms with Crippen LogP contribution in [0.15, 0.2) is 52.3 Å². The van der Waals surface area contributed by atoms with Gasteiger partial charge in [-0.15, -0.1) is 0 Å². The monoisotopic (exact) mass is 316 g/mol. The average Bonchev–Trinajstić information content (AvgIpc) is 2.46. The zero-order valence-electron chi connectivity index (χ0n) is 12.1. The van der Waals surface area contributed by atoms with E-state index in [0.717, 1.165) is 21.9 Å². The van der Waals surface area contributed by atoms with Gasteiger partial charge in [-0.2, -0.15) is 5.26 Å². The van der Waals surface area contributed by atoms with E-state index in [1.807, 2.05) is 36.4 Å². The third kappa shape index (κ3) is 4.78. The van der Waals surface area contributed by atoms with Crippen LogP contribution in [-0.2, 0) is 6.54 Å². The highest BCUT2D eigenvalue weighted by Gasteiger charge is 2.06. The number of nitriles is 1. The molecule has 0 saturated carbocycles. The normalized spacial score (nSPS) is 10.6. The first-order chi connectivity index (χ1) is 10.1. The zero-order chi connectivity index (χ0) is 15.2. The van der Waals surface area contributed by atoms with E-state index in [1.54, 1.807) is 11.8 Å². The van der Waals surface area contributed by atoms with Crippen molar-refractivity contribution in [2.24, 2.45) is 0 Å². The topological polar surface area (TPSA) is 35.8 Å². The third-order valence-electron chi connectivity index (χ3n) is 2.90. The Kier molecular flexibility index (Phi) is 5.69. The first kappa shape index (κ1) is 15.9. The predicted molar refractivity (Wildman–Crippen MR) is 88.7 cm³/mol. The average molecular weight is 317 g/mol. The molecule has 4 heteroatoms. The molecule has 0 atom stereocenters. The van der Waals surface area contributed by atoms with Crippen LogP contribution < -0.4 is 5.32 Å². The largest absolute Gasteiger partial charge is 0.310 e. The fourth-order valence-electron chi connectivity index (χ4n) is 1.84. The molecule has 0 spiro atoms. The summed E-state index contributed by atoms with van der Waals surface area (Å²) in [6, 6.07) is 16.4. The predicted octanol–water partition coefficient (Wildman–Crippen LogP) is 4.86. The molecule has 0 aliphatic heterocycles. The minimum Gasteiger partial charge on any atom is -0.310 e. The first-order valence-corrected chi connectivity index (χ1v) is 7.98. The molecule has 1 N–H and O–H groups in total. The summed E-state index contributed by atoms with van der Waals surface area (Å²) in [4.78, 5) is 1.99. The van der Waals surface area contributed by atoms with Gasteiger partial charge in [0.25, 0.3) is 0 Å². The Morgan fingerprint density at radius 1 is 1.24 bits per heavy atom. The number of rotatable bonds is 5. The lowest BCUT2D eigenvalue weighted by atomic mass is 10.1. The maximum absolute atomic E-state index is 9.34. The molecular formula is C17H17ClN2S. The highest BCUT2D eigenvalue weighted by molar-refractivity contribution is 7.99. The molecule has 0 aliphatic carbocycles. The summed E-state index contributed by atoms with van der Waals surface area (Å²) in [6.45, 7) is 4.98. The van der Waals surface area contributed by atoms with Gasteiger partial charge in [0, 0.05) is 27.4 Å². The summed E-state index contributed by atoms with van der Waals surface area (Å²) in [5.41, 5.74) is 1.82. The van der Waals surface area contributed by atoms with E-state index in [2.05, 4.69) is 31.3 Å². The zero-order valence-corrected chi connectivity index (χ0v) is 13.6. The minimum absolute atomic E-state index is 0.427. The molecule has 0 aliphatic rings. The van der Waals surface area contributed by atoms with Gasteiger partial charge in [-0.1, -0.05) is 49.3 Å². The van der Waals surface area contributed by atoms with E-state index in [9.17, 15) is 5.26 Å². The lowest BCUT2D eigenvalue weighted by Gasteiger charge is -2.10. The van der Waals surface area contributed by atoms with Crippen LogP contribution >= 0.6 is 23.4 Å². The molecule has 21 heavy (non-hydrogen) atoms. The summed E-state index contributed by atoms with van der Waals surface area (Å²) in [5.74, 6) is 0. The maximum atomic E-state index is 9.34. The standard InChI is InChI=1S/C17H17ClN2S/c1-12(2)20-11-13-6-7-17(14(8-13)10-19)21-16-5-3-4-15(18)9-16/h3-9,12,20H,11H2,1-2H3. The van der Waals surface area contributed by atoms with Gasteiger partial charge in [-0.25, -0.2) is 0 Å². The van der Waals surface area contributed by atoms with Crippen molar-refractivity contribution in [2.45, 2.75) is 36.2 Å². The molecular weight excluding hydrogens is 300 g/mol. The lowest BCUT2D eigenvalue weighted by molar-refractivity contribution is 0.588. The Hall–Kier alpha value is -1.47. The van der Waals surface area contributed by atoms with Gasteiger partial charge < -0.3 is 5.32 Å². The van der Waals surface area contributed by atoms with E-state index in [-0.39, 0.29) is 0 Å². The number of nitrogens with one attached hydrogen (secondary N) is 1. The van der Waals surface area contributed by atoms with Gasteiger partial charge in [0.2, 0.25) is 0 Å². The van der Waals surface area contributed by atoms with Crippen LogP contribution in [0.4, 0.5) is 0 Å². The third-order valence-corrected chi connectivity index (χ3v) is 4.20. The number of nitrogens with zero attached hydrogens (tertiary/aromatic N) is 1. The van der Waals surface area contributed by atoms with E-state index < -0.39 is 0 Å². The van der Waals surface area contributed by atoms with Gasteiger partial charge in [0.15, 0.2) is 0 Å². The summed E-state index contributed by atoms with van der Waals surface area (Å²) < 4.78 is 0. The second-order valence-electron chi connectivity index (χ2n) is 5.04. The van der Waals surface area contributed by atoms with Crippen LogP contribution in [-0.4, -0.2) is 6.04 Å². The van der Waals surface area contributed by atoms with Gasteiger partial charge in [0.05, 0.1) is 5.56 Å². The molecule has 0 amide bonds. The highest BCUT2D eigenvalue weighted by Crippen LogP contribution is 2.32. The summed E-state index contributed by atoms with van der Waals surface area (Å²) >= 11 is 7.55. The quantitative estimate of drug-likeness (QED) is 0.855. The van der Waals surface area contributed by atoms with Crippen molar-refractivity contribution in [3.05, 3.63) is 58.6 Å². The smallest absolute Gasteiger partial charge is 0.100 e. The van der Waals surface area contributed by atoms with E-state index in [1.165, 1.54) is 0 Å². The van der Waals surface area contributed by atoms with E-state index in [4.69, 9.17) is 11.6 Å². The Morgan fingerprint density at radius 2 is 2.05 bits per heavy atom. The van der Waals surface area contributed by atoms with Gasteiger partial charge in [-0.05, 0) is 35.9 Å². The minimum atomic E-state index is 0.427. The molecule has 0 bridgehead atoms. The summed E-state index contributed by atoms with van der Waals surface area (Å²) in [6.07, 6.45) is 0. The Bertz CT molecular complexity index is 662. The number of hydrogen-bond donors (Lipinski definition) is 1. The number of benzene rings is 2. The Balaban J connectivity index is 2.18. The van der Waals surface area contributed by atoms with Crippen LogP contribution in [0.25, 0.3) is 0 Å². The molecule has 108 valence electrons. The Labute approximate surface area is 135 Å². The molecule has 0 unspecified atom stereocenters. The molecule has 2 aromatic rings. The molecule has 0 fully saturated rings. The van der Waals surface area contributed by atoms with Crippen LogP contribution in [0.3, 0.4) is 0 Å². The van der Waals surface area contributed by atoms with Gasteiger partial charge >= 0.3 is 0 Å². The van der Waals surface area contributed by atoms with Gasteiger partial charge in [0.1, 0.15) is 6.07 Å². The molecule has 0 heterocycles. The molecule has 2 nitrogen and oxygen atoms in total. The Morgan fingerprint density at radius 3 is 2.71 bits per heavy atom. The van der Waals surface area contributed by atoms with Crippen LogP contribution in [0.1, 0.15) is 25.0 Å². The second-order valence-corrected chi connectivity index (χ2v) is 6.59. The van der Waals surface area contributed by atoms with Crippen molar-refractivity contribution in [2.75, 3.05) is 0 Å². The van der Waals surface area contributed by atoms with Crippen molar-refractivity contribution >= 4 is 23.4 Å². The maximum Gasteiger partial charge on any atom is 0.100 e. The van der Waals surface area contributed by atoms with Crippen molar-refractivity contribution in [1.82, 2.24) is 5.32 Å². The fourth-order valence-corrected chi connectivity index (χ4v) is 3.03. The molecule has 0 aromatic heterocycles. The van der Waals surface area contributed by atoms with Crippen molar-refractivity contribution in [1.29, 1.82) is 5.26 Å². The highest BCUT2D eigenvalue weighted by atomic mass is 35.5. The van der Waals surface area contributed by atoms with Crippen LogP contribution in [0.5, 0.6) is 0 Å². The van der Waals surface area contributed by atoms with Gasteiger partial charge in [-0.3, -0.25) is 0 Å². The van der Waals surface area contributed by atoms with Crippen LogP contribution in [0, 0.1) is 11.3 Å². The fraction of sp³-hybridized carbons (Fsp3) is 0.235. The van der Waals surface area contributed by atoms with Crippen molar-refractivity contribution in [3.63, 3.8) is 0 Å². The van der Waals surface area contributed by atoms with Crippen molar-refractivity contribution in [3.8, 4) is 6.07 Å². The molecule has 0 radical (unpaired) electrons. The molecule has 0 saturated heterocycles. The second kappa shape index (κ2) is 7.51. The lowest BCUT2D eigenvalue weighted by Crippen LogP contribution is -2.21. The van der Waals surface area contributed by atoms with E-state index >= 15 is 0 Å². The first-order valence-electron chi connectivity index (χ1n) is 6.78.